The molecule has 0 radical (unpaired) electrons. The predicted molar refractivity (Wildman–Crippen MR) is 141 cm³/mol. The lowest BCUT2D eigenvalue weighted by Crippen LogP contribution is -2.09. The largest absolute Gasteiger partial charge is 0.302 e. The fourth-order valence-electron chi connectivity index (χ4n) is 3.71. The summed E-state index contributed by atoms with van der Waals surface area (Å²) in [5.41, 5.74) is 4.51. The number of nitrogens with zero attached hydrogens (tertiary/aromatic N) is 2. The molecule has 32 heavy (non-hydrogen) atoms. The lowest BCUT2D eigenvalue weighted by atomic mass is 10.2. The molecule has 0 aliphatic heterocycles. The molecule has 0 saturated carbocycles. The second kappa shape index (κ2) is 9.43. The van der Waals surface area contributed by atoms with Crippen LogP contribution in [0.15, 0.2) is 132 Å². The number of rotatable bonds is 6. The highest BCUT2D eigenvalue weighted by molar-refractivity contribution is 9.10. The lowest BCUT2D eigenvalue weighted by Gasteiger charge is -2.25. The maximum Gasteiger partial charge on any atom is 0.116 e. The van der Waals surface area contributed by atoms with Crippen LogP contribution in [0.2, 0.25) is 0 Å². The highest BCUT2D eigenvalue weighted by atomic mass is 79.9. The van der Waals surface area contributed by atoms with Crippen LogP contribution in [0.3, 0.4) is 0 Å². The summed E-state index contributed by atoms with van der Waals surface area (Å²) in [5, 5.41) is 2.27. The van der Waals surface area contributed by atoms with Crippen LogP contribution in [0.5, 0.6) is 0 Å². The highest BCUT2D eigenvalue weighted by Crippen LogP contribution is 2.49. The number of anilines is 6. The maximum atomic E-state index is 3.87. The van der Waals surface area contributed by atoms with Crippen molar-refractivity contribution in [3.8, 4) is 0 Å². The Labute approximate surface area is 201 Å². The van der Waals surface area contributed by atoms with Crippen LogP contribution in [-0.4, -0.2) is 0 Å². The van der Waals surface area contributed by atoms with E-state index in [1.54, 1.807) is 11.3 Å². The molecule has 1 aromatic heterocycles. The van der Waals surface area contributed by atoms with E-state index in [1.807, 2.05) is 12.1 Å². The minimum absolute atomic E-state index is 1.06. The first-order valence-corrected chi connectivity index (χ1v) is 12.0. The molecule has 0 spiro atoms. The summed E-state index contributed by atoms with van der Waals surface area (Å²) in [7, 11) is 0. The zero-order valence-electron chi connectivity index (χ0n) is 17.3. The zero-order chi connectivity index (χ0) is 21.8. The SMILES string of the molecule is Brc1cc(N(c2ccccc2)c2ccccc2)sc1N(c1ccccc1)c1ccccc1. The Morgan fingerprint density at radius 2 is 0.812 bits per heavy atom. The summed E-state index contributed by atoms with van der Waals surface area (Å²) in [4.78, 5) is 4.60. The van der Waals surface area contributed by atoms with Gasteiger partial charge in [0.05, 0.1) is 4.47 Å². The van der Waals surface area contributed by atoms with E-state index in [0.717, 1.165) is 37.2 Å². The fourth-order valence-corrected chi connectivity index (χ4v) is 5.63. The van der Waals surface area contributed by atoms with Gasteiger partial charge in [-0.2, -0.15) is 0 Å². The smallest absolute Gasteiger partial charge is 0.116 e. The second-order valence-corrected chi connectivity index (χ2v) is 9.11. The van der Waals surface area contributed by atoms with Crippen molar-refractivity contribution in [2.45, 2.75) is 0 Å². The third-order valence-corrected chi connectivity index (χ3v) is 7.11. The van der Waals surface area contributed by atoms with E-state index in [2.05, 4.69) is 141 Å². The molecule has 2 nitrogen and oxygen atoms in total. The Balaban J connectivity index is 1.66. The second-order valence-electron chi connectivity index (χ2n) is 7.25. The van der Waals surface area contributed by atoms with E-state index in [-0.39, 0.29) is 0 Å². The molecule has 0 N–H and O–H groups in total. The fraction of sp³-hybridized carbons (Fsp3) is 0. The predicted octanol–water partition coefficient (Wildman–Crippen LogP) is 9.45. The maximum absolute atomic E-state index is 3.87. The van der Waals surface area contributed by atoms with Crippen molar-refractivity contribution in [1.82, 2.24) is 0 Å². The van der Waals surface area contributed by atoms with Crippen LogP contribution in [0.1, 0.15) is 0 Å². The Hall–Kier alpha value is -3.34. The summed E-state index contributed by atoms with van der Waals surface area (Å²) in [6.45, 7) is 0. The number of benzene rings is 4. The van der Waals surface area contributed by atoms with Crippen LogP contribution in [0, 0.1) is 0 Å². The zero-order valence-corrected chi connectivity index (χ0v) is 19.7. The topological polar surface area (TPSA) is 6.48 Å². The lowest BCUT2D eigenvalue weighted by molar-refractivity contribution is 1.31. The van der Waals surface area contributed by atoms with Gasteiger partial charge in [-0.25, -0.2) is 0 Å². The Bertz CT molecular complexity index is 1190. The van der Waals surface area contributed by atoms with Crippen LogP contribution < -0.4 is 9.80 Å². The van der Waals surface area contributed by atoms with E-state index in [0.29, 0.717) is 0 Å². The molecule has 0 atom stereocenters. The van der Waals surface area contributed by atoms with Gasteiger partial charge in [-0.1, -0.05) is 84.1 Å². The quantitative estimate of drug-likeness (QED) is 0.231. The van der Waals surface area contributed by atoms with E-state index in [4.69, 9.17) is 0 Å². The van der Waals surface area contributed by atoms with Gasteiger partial charge in [-0.15, -0.1) is 0 Å². The standard InChI is InChI=1S/C28H21BrN2S/c29-26-21-27(30(22-13-5-1-6-14-22)23-15-7-2-8-16-23)32-28(26)31(24-17-9-3-10-18-24)25-19-11-4-12-20-25/h1-21H. The van der Waals surface area contributed by atoms with Crippen molar-refractivity contribution in [1.29, 1.82) is 0 Å². The van der Waals surface area contributed by atoms with Crippen molar-refractivity contribution in [2.75, 3.05) is 9.80 Å². The van der Waals surface area contributed by atoms with Gasteiger partial charge in [0.2, 0.25) is 0 Å². The van der Waals surface area contributed by atoms with E-state index in [1.165, 1.54) is 0 Å². The minimum Gasteiger partial charge on any atom is -0.302 e. The molecule has 0 aliphatic rings. The van der Waals surface area contributed by atoms with Gasteiger partial charge in [-0.05, 0) is 70.5 Å². The average Bonchev–Trinajstić information content (AvgIpc) is 3.22. The number of hydrogen-bond donors (Lipinski definition) is 0. The van der Waals surface area contributed by atoms with Gasteiger partial charge in [-0.3, -0.25) is 0 Å². The van der Waals surface area contributed by atoms with E-state index >= 15 is 0 Å². The molecule has 1 heterocycles. The third-order valence-electron chi connectivity index (χ3n) is 5.14. The Kier molecular flexibility index (Phi) is 6.06. The summed E-state index contributed by atoms with van der Waals surface area (Å²) < 4.78 is 1.06. The Morgan fingerprint density at radius 3 is 1.19 bits per heavy atom. The number of thiophene rings is 1. The number of para-hydroxylation sites is 4. The van der Waals surface area contributed by atoms with Gasteiger partial charge in [0, 0.05) is 22.7 Å². The van der Waals surface area contributed by atoms with Gasteiger partial charge in [0.1, 0.15) is 10.0 Å². The summed E-state index contributed by atoms with van der Waals surface area (Å²) in [6, 6.07) is 44.2. The first-order chi connectivity index (χ1) is 15.8. The molecule has 0 unspecified atom stereocenters. The molecule has 156 valence electrons. The molecule has 4 aromatic carbocycles. The molecule has 0 bridgehead atoms. The van der Waals surface area contributed by atoms with Crippen molar-refractivity contribution < 1.29 is 0 Å². The van der Waals surface area contributed by atoms with Gasteiger partial charge >= 0.3 is 0 Å². The van der Waals surface area contributed by atoms with E-state index in [9.17, 15) is 0 Å². The van der Waals surface area contributed by atoms with Gasteiger partial charge in [0.15, 0.2) is 0 Å². The number of halogens is 1. The monoisotopic (exact) mass is 496 g/mol. The summed E-state index contributed by atoms with van der Waals surface area (Å²) in [5.74, 6) is 0. The molecule has 0 amide bonds. The van der Waals surface area contributed by atoms with Crippen LogP contribution in [-0.2, 0) is 0 Å². The molecule has 4 heteroatoms. The van der Waals surface area contributed by atoms with Gasteiger partial charge in [0.25, 0.3) is 0 Å². The average molecular weight is 497 g/mol. The third kappa shape index (κ3) is 4.20. The van der Waals surface area contributed by atoms with Crippen LogP contribution in [0.4, 0.5) is 32.8 Å². The molecule has 5 rings (SSSR count). The van der Waals surface area contributed by atoms with Crippen molar-refractivity contribution in [3.05, 3.63) is 132 Å². The van der Waals surface area contributed by atoms with Crippen molar-refractivity contribution in [3.63, 3.8) is 0 Å². The first-order valence-electron chi connectivity index (χ1n) is 10.4. The molecular weight excluding hydrogens is 476 g/mol. The normalized spacial score (nSPS) is 10.7. The van der Waals surface area contributed by atoms with Gasteiger partial charge < -0.3 is 9.80 Å². The van der Waals surface area contributed by atoms with Crippen molar-refractivity contribution >= 4 is 60.0 Å². The molecule has 5 aromatic rings. The summed E-state index contributed by atoms with van der Waals surface area (Å²) >= 11 is 5.63. The molecule has 0 fully saturated rings. The molecule has 0 aliphatic carbocycles. The number of hydrogen-bond acceptors (Lipinski definition) is 3. The highest BCUT2D eigenvalue weighted by Gasteiger charge is 2.22. The molecule has 0 saturated heterocycles. The van der Waals surface area contributed by atoms with Crippen molar-refractivity contribution in [2.24, 2.45) is 0 Å². The molecular formula is C28H21BrN2S. The van der Waals surface area contributed by atoms with Crippen LogP contribution >= 0.6 is 27.3 Å². The Morgan fingerprint density at radius 1 is 0.469 bits per heavy atom. The minimum atomic E-state index is 1.06. The summed E-state index contributed by atoms with van der Waals surface area (Å²) in [6.07, 6.45) is 0. The first kappa shape index (κ1) is 20.6. The van der Waals surface area contributed by atoms with Crippen LogP contribution in [0.25, 0.3) is 0 Å². The van der Waals surface area contributed by atoms with E-state index < -0.39 is 0 Å².